The molecule has 0 saturated carbocycles. The zero-order valence-electron chi connectivity index (χ0n) is 12.2. The molecule has 112 valence electrons. The second-order valence-electron chi connectivity index (χ2n) is 4.89. The zero-order chi connectivity index (χ0) is 15.2. The highest BCUT2D eigenvalue weighted by Gasteiger charge is 2.09. The van der Waals surface area contributed by atoms with Crippen LogP contribution in [0.1, 0.15) is 23.6 Å². The summed E-state index contributed by atoms with van der Waals surface area (Å²) in [6, 6.07) is 10.9. The Hall–Kier alpha value is -1.58. The third-order valence-corrected chi connectivity index (χ3v) is 3.49. The average Bonchev–Trinajstić information content (AvgIpc) is 2.48. The minimum Gasteiger partial charge on any atom is -0.488 e. The van der Waals surface area contributed by atoms with E-state index in [9.17, 15) is 4.39 Å². The molecule has 0 aliphatic carbocycles. The first-order chi connectivity index (χ1) is 10.1. The Labute approximate surface area is 129 Å². The second kappa shape index (κ2) is 7.43. The summed E-state index contributed by atoms with van der Waals surface area (Å²) in [4.78, 5) is 0. The molecule has 0 fully saturated rings. The normalized spacial score (nSPS) is 10.7. The molecule has 1 N–H and O–H groups in total. The van der Waals surface area contributed by atoms with Crippen LogP contribution in [-0.2, 0) is 13.2 Å². The average molecular weight is 308 g/mol. The lowest BCUT2D eigenvalue weighted by molar-refractivity contribution is 0.296. The maximum absolute atomic E-state index is 13.8. The molecule has 4 heteroatoms. The Morgan fingerprint density at radius 1 is 1.19 bits per heavy atom. The van der Waals surface area contributed by atoms with E-state index >= 15 is 0 Å². The van der Waals surface area contributed by atoms with Gasteiger partial charge in [0.1, 0.15) is 18.2 Å². The molecule has 0 aromatic heterocycles. The van der Waals surface area contributed by atoms with Crippen LogP contribution in [0.25, 0.3) is 0 Å². The Bertz CT molecular complexity index is 616. The SMILES string of the molecule is CCNCc1cc(C)ccc1OCc1cccc(Cl)c1F. The summed E-state index contributed by atoms with van der Waals surface area (Å²) in [6.07, 6.45) is 0. The van der Waals surface area contributed by atoms with Gasteiger partial charge in [0.2, 0.25) is 0 Å². The van der Waals surface area contributed by atoms with Gasteiger partial charge >= 0.3 is 0 Å². The molecule has 0 radical (unpaired) electrons. The van der Waals surface area contributed by atoms with Crippen LogP contribution in [0, 0.1) is 12.7 Å². The molecule has 0 amide bonds. The number of ether oxygens (including phenoxy) is 1. The lowest BCUT2D eigenvalue weighted by atomic mass is 10.1. The van der Waals surface area contributed by atoms with Crippen LogP contribution in [-0.4, -0.2) is 6.54 Å². The van der Waals surface area contributed by atoms with Crippen LogP contribution in [0.4, 0.5) is 4.39 Å². The van der Waals surface area contributed by atoms with Crippen molar-refractivity contribution in [1.29, 1.82) is 0 Å². The van der Waals surface area contributed by atoms with Crippen molar-refractivity contribution < 1.29 is 9.13 Å². The molecule has 0 unspecified atom stereocenters. The lowest BCUT2D eigenvalue weighted by Gasteiger charge is -2.13. The van der Waals surface area contributed by atoms with Gasteiger partial charge in [-0.05, 0) is 25.6 Å². The first-order valence-electron chi connectivity index (χ1n) is 6.97. The summed E-state index contributed by atoms with van der Waals surface area (Å²) in [6.45, 7) is 5.87. The van der Waals surface area contributed by atoms with E-state index in [2.05, 4.69) is 18.3 Å². The van der Waals surface area contributed by atoms with Crippen molar-refractivity contribution in [3.05, 3.63) is 63.9 Å². The Balaban J connectivity index is 2.14. The van der Waals surface area contributed by atoms with Crippen molar-refractivity contribution in [2.24, 2.45) is 0 Å². The molecule has 2 nitrogen and oxygen atoms in total. The first-order valence-corrected chi connectivity index (χ1v) is 7.35. The van der Waals surface area contributed by atoms with Crippen molar-refractivity contribution in [2.75, 3.05) is 6.54 Å². The van der Waals surface area contributed by atoms with E-state index in [1.807, 2.05) is 19.1 Å². The van der Waals surface area contributed by atoms with Gasteiger partial charge in [0.05, 0.1) is 5.02 Å². The topological polar surface area (TPSA) is 21.3 Å². The molecule has 21 heavy (non-hydrogen) atoms. The minimum absolute atomic E-state index is 0.118. The van der Waals surface area contributed by atoms with E-state index in [4.69, 9.17) is 16.3 Å². The molecule has 0 spiro atoms. The van der Waals surface area contributed by atoms with Crippen molar-refractivity contribution in [1.82, 2.24) is 5.32 Å². The molecule has 0 bridgehead atoms. The van der Waals surface area contributed by atoms with Crippen molar-refractivity contribution in [3.63, 3.8) is 0 Å². The van der Waals surface area contributed by atoms with Gasteiger partial charge in [-0.1, -0.05) is 48.4 Å². The van der Waals surface area contributed by atoms with Gasteiger partial charge < -0.3 is 10.1 Å². The highest BCUT2D eigenvalue weighted by Crippen LogP contribution is 2.23. The van der Waals surface area contributed by atoms with E-state index in [0.717, 1.165) is 24.4 Å². The van der Waals surface area contributed by atoms with Crippen molar-refractivity contribution in [2.45, 2.75) is 27.0 Å². The number of nitrogens with one attached hydrogen (secondary N) is 1. The predicted molar refractivity (Wildman–Crippen MR) is 84.3 cm³/mol. The van der Waals surface area contributed by atoms with E-state index in [1.54, 1.807) is 12.1 Å². The van der Waals surface area contributed by atoms with Crippen LogP contribution >= 0.6 is 11.6 Å². The molecule has 0 heterocycles. The molecule has 2 aromatic carbocycles. The van der Waals surface area contributed by atoms with Gasteiger partial charge in [0, 0.05) is 17.7 Å². The highest BCUT2D eigenvalue weighted by molar-refractivity contribution is 6.30. The largest absolute Gasteiger partial charge is 0.488 e. The second-order valence-corrected chi connectivity index (χ2v) is 5.30. The smallest absolute Gasteiger partial charge is 0.148 e. The number of hydrogen-bond donors (Lipinski definition) is 1. The van der Waals surface area contributed by atoms with Crippen LogP contribution in [0.2, 0.25) is 5.02 Å². The fourth-order valence-corrected chi connectivity index (χ4v) is 2.26. The van der Waals surface area contributed by atoms with E-state index in [-0.39, 0.29) is 11.6 Å². The third-order valence-electron chi connectivity index (χ3n) is 3.20. The minimum atomic E-state index is -0.417. The summed E-state index contributed by atoms with van der Waals surface area (Å²) in [7, 11) is 0. The summed E-state index contributed by atoms with van der Waals surface area (Å²) < 4.78 is 19.6. The maximum Gasteiger partial charge on any atom is 0.148 e. The van der Waals surface area contributed by atoms with E-state index in [0.29, 0.717) is 5.56 Å². The van der Waals surface area contributed by atoms with Gasteiger partial charge in [-0.15, -0.1) is 0 Å². The van der Waals surface area contributed by atoms with Crippen LogP contribution < -0.4 is 10.1 Å². The Morgan fingerprint density at radius 3 is 2.76 bits per heavy atom. The first kappa shape index (κ1) is 15.8. The fraction of sp³-hybridized carbons (Fsp3) is 0.294. The van der Waals surface area contributed by atoms with Gasteiger partial charge in [0.25, 0.3) is 0 Å². The molecular weight excluding hydrogens is 289 g/mol. The predicted octanol–water partition coefficient (Wildman–Crippen LogP) is 4.48. The molecular formula is C17H19ClFNO. The third kappa shape index (κ3) is 4.19. The number of aryl methyl sites for hydroxylation is 1. The molecule has 2 rings (SSSR count). The summed E-state index contributed by atoms with van der Waals surface area (Å²) in [5.41, 5.74) is 2.70. The van der Waals surface area contributed by atoms with E-state index in [1.165, 1.54) is 11.6 Å². The van der Waals surface area contributed by atoms with Crippen LogP contribution in [0.5, 0.6) is 5.75 Å². The summed E-state index contributed by atoms with van der Waals surface area (Å²) >= 11 is 5.78. The number of rotatable bonds is 6. The molecule has 2 aromatic rings. The van der Waals surface area contributed by atoms with Gasteiger partial charge in [-0.25, -0.2) is 4.39 Å². The summed E-state index contributed by atoms with van der Waals surface area (Å²) in [5, 5.41) is 3.39. The molecule has 0 atom stereocenters. The van der Waals surface area contributed by atoms with Crippen molar-refractivity contribution >= 4 is 11.6 Å². The van der Waals surface area contributed by atoms with E-state index < -0.39 is 5.82 Å². The van der Waals surface area contributed by atoms with Crippen LogP contribution in [0.3, 0.4) is 0 Å². The Morgan fingerprint density at radius 2 is 2.00 bits per heavy atom. The fourth-order valence-electron chi connectivity index (χ4n) is 2.06. The highest BCUT2D eigenvalue weighted by atomic mass is 35.5. The maximum atomic E-state index is 13.8. The quantitative estimate of drug-likeness (QED) is 0.850. The number of benzene rings is 2. The molecule has 0 aliphatic rings. The standard InChI is InChI=1S/C17H19ClFNO/c1-3-20-10-14-9-12(2)7-8-16(14)21-11-13-5-4-6-15(18)17(13)19/h4-9,20H,3,10-11H2,1-2H3. The van der Waals surface area contributed by atoms with Gasteiger partial charge in [-0.2, -0.15) is 0 Å². The van der Waals surface area contributed by atoms with Gasteiger partial charge in [-0.3, -0.25) is 0 Å². The zero-order valence-corrected chi connectivity index (χ0v) is 13.0. The monoisotopic (exact) mass is 307 g/mol. The van der Waals surface area contributed by atoms with Crippen molar-refractivity contribution in [3.8, 4) is 5.75 Å². The summed E-state index contributed by atoms with van der Waals surface area (Å²) in [5.74, 6) is 0.348. The molecule has 0 saturated heterocycles. The van der Waals surface area contributed by atoms with Crippen LogP contribution in [0.15, 0.2) is 36.4 Å². The lowest BCUT2D eigenvalue weighted by Crippen LogP contribution is -2.13. The Kier molecular flexibility index (Phi) is 5.59. The molecule has 0 aliphatic heterocycles. The number of halogens is 2. The number of hydrogen-bond acceptors (Lipinski definition) is 2. The van der Waals surface area contributed by atoms with Gasteiger partial charge in [0.15, 0.2) is 0 Å².